The van der Waals surface area contributed by atoms with Crippen molar-refractivity contribution in [2.45, 2.75) is 53.2 Å². The van der Waals surface area contributed by atoms with Crippen LogP contribution in [0, 0.1) is 11.8 Å². The topological polar surface area (TPSA) is 58.6 Å². The van der Waals surface area contributed by atoms with Crippen molar-refractivity contribution in [1.82, 2.24) is 5.32 Å². The molecule has 0 spiro atoms. The molecule has 0 rings (SSSR count). The molecule has 0 fully saturated rings. The van der Waals surface area contributed by atoms with Crippen molar-refractivity contribution < 1.29 is 14.6 Å². The molecule has 2 N–H and O–H groups in total. The average Bonchev–Trinajstić information content (AvgIpc) is 2.26. The summed E-state index contributed by atoms with van der Waals surface area (Å²) >= 11 is 0. The van der Waals surface area contributed by atoms with E-state index < -0.39 is 6.10 Å². The lowest BCUT2D eigenvalue weighted by Gasteiger charge is -2.22. The van der Waals surface area contributed by atoms with Crippen LogP contribution in [0.3, 0.4) is 0 Å². The van der Waals surface area contributed by atoms with Gasteiger partial charge in [0.05, 0.1) is 0 Å². The second-order valence-corrected chi connectivity index (χ2v) is 5.15. The monoisotopic (exact) mass is 245 g/mol. The van der Waals surface area contributed by atoms with Crippen molar-refractivity contribution >= 4 is 5.91 Å². The van der Waals surface area contributed by atoms with E-state index in [4.69, 9.17) is 9.84 Å². The summed E-state index contributed by atoms with van der Waals surface area (Å²) in [4.78, 5) is 11.7. The highest BCUT2D eigenvalue weighted by atomic mass is 16.5. The van der Waals surface area contributed by atoms with Gasteiger partial charge in [0.2, 0.25) is 5.91 Å². The molecule has 3 unspecified atom stereocenters. The number of carbonyl (C=O) groups excluding carboxylic acids is 1. The maximum atomic E-state index is 11.7. The lowest BCUT2D eigenvalue weighted by molar-refractivity contribution is -0.133. The lowest BCUT2D eigenvalue weighted by atomic mass is 10.1. The zero-order chi connectivity index (χ0) is 13.4. The molecule has 0 aromatic carbocycles. The van der Waals surface area contributed by atoms with Gasteiger partial charge in [-0.15, -0.1) is 0 Å². The number of nitrogens with one attached hydrogen (secondary N) is 1. The summed E-state index contributed by atoms with van der Waals surface area (Å²) < 4.78 is 5.45. The van der Waals surface area contributed by atoms with Crippen LogP contribution >= 0.6 is 0 Å². The van der Waals surface area contributed by atoms with Crippen LogP contribution in [-0.4, -0.2) is 36.4 Å². The Balaban J connectivity index is 3.89. The van der Waals surface area contributed by atoms with Gasteiger partial charge in [0, 0.05) is 19.3 Å². The summed E-state index contributed by atoms with van der Waals surface area (Å²) in [6, 6.07) is -0.0383. The molecular formula is C13H27NO3. The van der Waals surface area contributed by atoms with E-state index in [-0.39, 0.29) is 24.5 Å². The molecular weight excluding hydrogens is 218 g/mol. The number of hydrogen-bond acceptors (Lipinski definition) is 3. The second kappa shape index (κ2) is 8.48. The fourth-order valence-electron chi connectivity index (χ4n) is 1.20. The van der Waals surface area contributed by atoms with Crippen LogP contribution in [0.4, 0.5) is 0 Å². The SMILES string of the molecule is CC(C)CCOC(C)C(=O)NC(C)C(C)CO. The molecule has 0 aliphatic rings. The summed E-state index contributed by atoms with van der Waals surface area (Å²) in [5, 5.41) is 11.8. The fourth-order valence-corrected chi connectivity index (χ4v) is 1.20. The number of ether oxygens (including phenoxy) is 1. The number of hydrogen-bond donors (Lipinski definition) is 2. The van der Waals surface area contributed by atoms with Gasteiger partial charge in [-0.1, -0.05) is 20.8 Å². The van der Waals surface area contributed by atoms with E-state index in [9.17, 15) is 4.79 Å². The Hall–Kier alpha value is -0.610. The van der Waals surface area contributed by atoms with Crippen LogP contribution in [0.5, 0.6) is 0 Å². The Kier molecular flexibility index (Phi) is 8.17. The molecule has 1 amide bonds. The Bertz CT molecular complexity index is 219. The first-order valence-corrected chi connectivity index (χ1v) is 6.41. The van der Waals surface area contributed by atoms with Crippen molar-refractivity contribution in [3.8, 4) is 0 Å². The van der Waals surface area contributed by atoms with Gasteiger partial charge in [-0.25, -0.2) is 0 Å². The molecule has 4 nitrogen and oxygen atoms in total. The molecule has 0 radical (unpaired) electrons. The van der Waals surface area contributed by atoms with E-state index in [0.29, 0.717) is 12.5 Å². The van der Waals surface area contributed by atoms with Gasteiger partial charge < -0.3 is 15.2 Å². The highest BCUT2D eigenvalue weighted by Crippen LogP contribution is 2.04. The minimum Gasteiger partial charge on any atom is -0.396 e. The first kappa shape index (κ1) is 16.4. The molecule has 17 heavy (non-hydrogen) atoms. The zero-order valence-electron chi connectivity index (χ0n) is 11.7. The standard InChI is InChI=1S/C13H27NO3/c1-9(2)6-7-17-12(5)13(16)14-11(4)10(3)8-15/h9-12,15H,6-8H2,1-5H3,(H,14,16). The maximum absolute atomic E-state index is 11.7. The number of carbonyl (C=O) groups is 1. The molecule has 0 bridgehead atoms. The largest absolute Gasteiger partial charge is 0.396 e. The quantitative estimate of drug-likeness (QED) is 0.682. The molecule has 0 saturated heterocycles. The third-order valence-corrected chi connectivity index (χ3v) is 2.94. The van der Waals surface area contributed by atoms with Crippen LogP contribution in [-0.2, 0) is 9.53 Å². The normalized spacial score (nSPS) is 16.6. The van der Waals surface area contributed by atoms with Crippen LogP contribution in [0.1, 0.15) is 41.0 Å². The summed E-state index contributed by atoms with van der Waals surface area (Å²) in [7, 11) is 0. The van der Waals surface area contributed by atoms with E-state index in [1.54, 1.807) is 6.92 Å². The maximum Gasteiger partial charge on any atom is 0.249 e. The van der Waals surface area contributed by atoms with Gasteiger partial charge in [-0.2, -0.15) is 0 Å². The summed E-state index contributed by atoms with van der Waals surface area (Å²) in [6.07, 6.45) is 0.530. The fraction of sp³-hybridized carbons (Fsp3) is 0.923. The van der Waals surface area contributed by atoms with Crippen LogP contribution in [0.25, 0.3) is 0 Å². The van der Waals surface area contributed by atoms with Gasteiger partial charge >= 0.3 is 0 Å². The van der Waals surface area contributed by atoms with E-state index in [1.807, 2.05) is 13.8 Å². The van der Waals surface area contributed by atoms with Gasteiger partial charge in [0.1, 0.15) is 6.10 Å². The number of aliphatic hydroxyl groups is 1. The Morgan fingerprint density at radius 2 is 1.82 bits per heavy atom. The molecule has 0 heterocycles. The number of aliphatic hydroxyl groups excluding tert-OH is 1. The summed E-state index contributed by atoms with van der Waals surface area (Å²) in [5.74, 6) is 0.530. The van der Waals surface area contributed by atoms with Crippen LogP contribution in [0.15, 0.2) is 0 Å². The minimum atomic E-state index is -0.429. The molecule has 3 atom stereocenters. The Labute approximate surface area is 105 Å². The van der Waals surface area contributed by atoms with E-state index >= 15 is 0 Å². The van der Waals surface area contributed by atoms with Crippen molar-refractivity contribution in [2.24, 2.45) is 11.8 Å². The van der Waals surface area contributed by atoms with Crippen molar-refractivity contribution in [3.05, 3.63) is 0 Å². The molecule has 0 aromatic heterocycles. The summed E-state index contributed by atoms with van der Waals surface area (Å²) in [5.41, 5.74) is 0. The zero-order valence-corrected chi connectivity index (χ0v) is 11.7. The number of rotatable bonds is 8. The first-order chi connectivity index (χ1) is 7.88. The van der Waals surface area contributed by atoms with Crippen molar-refractivity contribution in [3.63, 3.8) is 0 Å². The predicted octanol–water partition coefficient (Wildman–Crippen LogP) is 1.57. The van der Waals surface area contributed by atoms with Crippen molar-refractivity contribution in [2.75, 3.05) is 13.2 Å². The predicted molar refractivity (Wildman–Crippen MR) is 68.7 cm³/mol. The van der Waals surface area contributed by atoms with Gasteiger partial charge in [0.15, 0.2) is 0 Å². The van der Waals surface area contributed by atoms with Crippen molar-refractivity contribution in [1.29, 1.82) is 0 Å². The van der Waals surface area contributed by atoms with Gasteiger partial charge in [-0.3, -0.25) is 4.79 Å². The lowest BCUT2D eigenvalue weighted by Crippen LogP contribution is -2.43. The van der Waals surface area contributed by atoms with E-state index in [0.717, 1.165) is 6.42 Å². The smallest absolute Gasteiger partial charge is 0.249 e. The molecule has 0 aliphatic carbocycles. The van der Waals surface area contributed by atoms with Crippen LogP contribution < -0.4 is 5.32 Å². The van der Waals surface area contributed by atoms with Crippen LogP contribution in [0.2, 0.25) is 0 Å². The third kappa shape index (κ3) is 7.34. The number of amides is 1. The highest BCUT2D eigenvalue weighted by molar-refractivity contribution is 5.80. The Morgan fingerprint density at radius 1 is 1.24 bits per heavy atom. The minimum absolute atomic E-state index is 0.0383. The van der Waals surface area contributed by atoms with E-state index in [1.165, 1.54) is 0 Å². The molecule has 0 aromatic rings. The van der Waals surface area contributed by atoms with Gasteiger partial charge in [-0.05, 0) is 32.1 Å². The highest BCUT2D eigenvalue weighted by Gasteiger charge is 2.18. The summed E-state index contributed by atoms with van der Waals surface area (Å²) in [6.45, 7) is 10.5. The van der Waals surface area contributed by atoms with E-state index in [2.05, 4.69) is 19.2 Å². The molecule has 0 saturated carbocycles. The molecule has 0 aliphatic heterocycles. The third-order valence-electron chi connectivity index (χ3n) is 2.94. The molecule has 4 heteroatoms. The average molecular weight is 245 g/mol. The molecule has 102 valence electrons. The first-order valence-electron chi connectivity index (χ1n) is 6.41. The Morgan fingerprint density at radius 3 is 2.29 bits per heavy atom. The second-order valence-electron chi connectivity index (χ2n) is 5.15. The van der Waals surface area contributed by atoms with Gasteiger partial charge in [0.25, 0.3) is 0 Å².